The van der Waals surface area contributed by atoms with E-state index in [1.807, 2.05) is 68.4 Å². The van der Waals surface area contributed by atoms with Crippen LogP contribution in [0.3, 0.4) is 0 Å². The van der Waals surface area contributed by atoms with Gasteiger partial charge in [-0.05, 0) is 31.5 Å². The third-order valence-electron chi connectivity index (χ3n) is 3.90. The number of rotatable bonds is 6. The molecule has 25 heavy (non-hydrogen) atoms. The number of benzene rings is 2. The average Bonchev–Trinajstić information content (AvgIpc) is 3.07. The van der Waals surface area contributed by atoms with E-state index in [9.17, 15) is 4.79 Å². The molecule has 0 aliphatic rings. The largest absolute Gasteiger partial charge is 0.490 e. The summed E-state index contributed by atoms with van der Waals surface area (Å²) in [5.41, 5.74) is 1.76. The minimum atomic E-state index is -0.252. The van der Waals surface area contributed by atoms with E-state index in [-0.39, 0.29) is 12.1 Å². The van der Waals surface area contributed by atoms with Gasteiger partial charge in [-0.3, -0.25) is 0 Å². The zero-order valence-corrected chi connectivity index (χ0v) is 14.4. The first-order chi connectivity index (χ1) is 12.2. The van der Waals surface area contributed by atoms with E-state index in [1.54, 1.807) is 0 Å². The number of furan rings is 1. The number of ether oxygens (including phenoxy) is 1. The number of carbonyl (C=O) groups is 1. The standard InChI is InChI=1S/C20H22N2O3/c1-3-24-17-11-7-10-16-12-18(25-19(16)17)14(2)22-20(23)21-13-15-8-5-4-6-9-15/h4-12,14H,3,13H2,1-2H3,(H2,21,22,23)/t14-/m1/s1. The van der Waals surface area contributed by atoms with Crippen molar-refractivity contribution >= 4 is 17.0 Å². The lowest BCUT2D eigenvalue weighted by molar-refractivity contribution is 0.236. The summed E-state index contributed by atoms with van der Waals surface area (Å²) in [7, 11) is 0. The summed E-state index contributed by atoms with van der Waals surface area (Å²) < 4.78 is 11.5. The normalized spacial score (nSPS) is 11.9. The lowest BCUT2D eigenvalue weighted by Crippen LogP contribution is -2.36. The second-order valence-electron chi connectivity index (χ2n) is 5.79. The fraction of sp³-hybridized carbons (Fsp3) is 0.250. The van der Waals surface area contributed by atoms with Crippen LogP contribution in [0.1, 0.15) is 31.2 Å². The molecule has 3 rings (SSSR count). The van der Waals surface area contributed by atoms with Crippen LogP contribution in [0.15, 0.2) is 59.0 Å². The molecular formula is C20H22N2O3. The lowest BCUT2D eigenvalue weighted by Gasteiger charge is -2.12. The molecule has 2 aromatic carbocycles. The molecule has 2 amide bonds. The Balaban J connectivity index is 1.64. The summed E-state index contributed by atoms with van der Waals surface area (Å²) in [6.07, 6.45) is 0. The number of urea groups is 1. The number of fused-ring (bicyclic) bond motifs is 1. The van der Waals surface area contributed by atoms with Gasteiger partial charge in [-0.1, -0.05) is 42.5 Å². The Hall–Kier alpha value is -2.95. The molecule has 0 bridgehead atoms. The van der Waals surface area contributed by atoms with Gasteiger partial charge in [0, 0.05) is 11.9 Å². The molecule has 130 valence electrons. The molecule has 3 aromatic rings. The molecule has 0 unspecified atom stereocenters. The van der Waals surface area contributed by atoms with E-state index in [4.69, 9.17) is 9.15 Å². The predicted octanol–water partition coefficient (Wildman–Crippen LogP) is 4.39. The van der Waals surface area contributed by atoms with Gasteiger partial charge in [0.1, 0.15) is 5.76 Å². The van der Waals surface area contributed by atoms with Crippen molar-refractivity contribution in [3.05, 3.63) is 65.9 Å². The quantitative estimate of drug-likeness (QED) is 0.700. The van der Waals surface area contributed by atoms with Crippen molar-refractivity contribution in [1.82, 2.24) is 10.6 Å². The molecule has 5 heteroatoms. The first-order valence-electron chi connectivity index (χ1n) is 8.41. The highest BCUT2D eigenvalue weighted by atomic mass is 16.5. The van der Waals surface area contributed by atoms with Crippen LogP contribution >= 0.6 is 0 Å². The molecule has 5 nitrogen and oxygen atoms in total. The van der Waals surface area contributed by atoms with Gasteiger partial charge in [0.05, 0.1) is 12.6 Å². The van der Waals surface area contributed by atoms with Crippen molar-refractivity contribution < 1.29 is 13.9 Å². The highest BCUT2D eigenvalue weighted by Gasteiger charge is 2.16. The highest BCUT2D eigenvalue weighted by Crippen LogP contribution is 2.31. The average molecular weight is 338 g/mol. The van der Waals surface area contributed by atoms with Crippen LogP contribution in [0, 0.1) is 0 Å². The van der Waals surface area contributed by atoms with Gasteiger partial charge in [0.2, 0.25) is 0 Å². The Labute approximate surface area is 147 Å². The predicted molar refractivity (Wildman–Crippen MR) is 97.6 cm³/mol. The van der Waals surface area contributed by atoms with E-state index < -0.39 is 0 Å². The Morgan fingerprint density at radius 2 is 1.96 bits per heavy atom. The third kappa shape index (κ3) is 4.12. The van der Waals surface area contributed by atoms with E-state index in [0.29, 0.717) is 30.2 Å². The van der Waals surface area contributed by atoms with Crippen molar-refractivity contribution in [3.8, 4) is 5.75 Å². The summed E-state index contributed by atoms with van der Waals surface area (Å²) in [6.45, 7) is 4.88. The van der Waals surface area contributed by atoms with Crippen molar-refractivity contribution in [2.45, 2.75) is 26.4 Å². The third-order valence-corrected chi connectivity index (χ3v) is 3.90. The Morgan fingerprint density at radius 1 is 1.16 bits per heavy atom. The first-order valence-corrected chi connectivity index (χ1v) is 8.41. The van der Waals surface area contributed by atoms with Crippen molar-refractivity contribution in [3.63, 3.8) is 0 Å². The Kier molecular flexibility index (Phi) is 5.23. The second kappa shape index (κ2) is 7.75. The molecule has 1 atom stereocenters. The molecule has 0 fully saturated rings. The van der Waals surface area contributed by atoms with E-state index in [2.05, 4.69) is 10.6 Å². The van der Waals surface area contributed by atoms with Crippen LogP contribution in [0.2, 0.25) is 0 Å². The molecule has 0 aliphatic carbocycles. The fourth-order valence-corrected chi connectivity index (χ4v) is 2.64. The second-order valence-corrected chi connectivity index (χ2v) is 5.79. The first kappa shape index (κ1) is 16.9. The minimum absolute atomic E-state index is 0.234. The summed E-state index contributed by atoms with van der Waals surface area (Å²) in [4.78, 5) is 12.1. The minimum Gasteiger partial charge on any atom is -0.490 e. The van der Waals surface area contributed by atoms with Gasteiger partial charge in [0.15, 0.2) is 11.3 Å². The molecule has 1 aromatic heterocycles. The van der Waals surface area contributed by atoms with Crippen LogP contribution in [-0.4, -0.2) is 12.6 Å². The van der Waals surface area contributed by atoms with Crippen molar-refractivity contribution in [2.24, 2.45) is 0 Å². The van der Waals surface area contributed by atoms with Gasteiger partial charge < -0.3 is 19.8 Å². The maximum Gasteiger partial charge on any atom is 0.315 e. The maximum atomic E-state index is 12.1. The zero-order valence-electron chi connectivity index (χ0n) is 14.4. The molecule has 0 radical (unpaired) electrons. The van der Waals surface area contributed by atoms with Gasteiger partial charge in [0.25, 0.3) is 0 Å². The zero-order chi connectivity index (χ0) is 17.6. The smallest absolute Gasteiger partial charge is 0.315 e. The lowest BCUT2D eigenvalue weighted by atomic mass is 10.2. The molecule has 2 N–H and O–H groups in total. The fourth-order valence-electron chi connectivity index (χ4n) is 2.64. The summed E-state index contributed by atoms with van der Waals surface area (Å²) >= 11 is 0. The number of hydrogen-bond acceptors (Lipinski definition) is 3. The van der Waals surface area contributed by atoms with Gasteiger partial charge in [-0.2, -0.15) is 0 Å². The van der Waals surface area contributed by atoms with Crippen LogP contribution in [-0.2, 0) is 6.54 Å². The maximum absolute atomic E-state index is 12.1. The Bertz CT molecular complexity index is 843. The number of carbonyl (C=O) groups excluding carboxylic acids is 1. The number of amides is 2. The van der Waals surface area contributed by atoms with Crippen molar-refractivity contribution in [2.75, 3.05) is 6.61 Å². The number of nitrogens with one attached hydrogen (secondary N) is 2. The van der Waals surface area contributed by atoms with Crippen molar-refractivity contribution in [1.29, 1.82) is 0 Å². The van der Waals surface area contributed by atoms with Crippen LogP contribution in [0.25, 0.3) is 11.0 Å². The Morgan fingerprint density at radius 3 is 2.72 bits per heavy atom. The summed E-state index contributed by atoms with van der Waals surface area (Å²) in [5.74, 6) is 1.41. The number of hydrogen-bond donors (Lipinski definition) is 2. The molecule has 1 heterocycles. The van der Waals surface area contributed by atoms with Crippen LogP contribution in [0.5, 0.6) is 5.75 Å². The molecule has 0 spiro atoms. The number of para-hydroxylation sites is 1. The SMILES string of the molecule is CCOc1cccc2cc([C@@H](C)NC(=O)NCc3ccccc3)oc12. The summed E-state index contributed by atoms with van der Waals surface area (Å²) in [6, 6.07) is 17.0. The van der Waals surface area contributed by atoms with Gasteiger partial charge in [-0.15, -0.1) is 0 Å². The molecule has 0 aliphatic heterocycles. The van der Waals surface area contributed by atoms with Gasteiger partial charge >= 0.3 is 6.03 Å². The monoisotopic (exact) mass is 338 g/mol. The topological polar surface area (TPSA) is 63.5 Å². The van der Waals surface area contributed by atoms with Crippen LogP contribution < -0.4 is 15.4 Å². The highest BCUT2D eigenvalue weighted by molar-refractivity contribution is 5.84. The van der Waals surface area contributed by atoms with E-state index in [1.165, 1.54) is 0 Å². The van der Waals surface area contributed by atoms with E-state index >= 15 is 0 Å². The summed E-state index contributed by atoms with van der Waals surface area (Å²) in [5, 5.41) is 6.70. The molecular weight excluding hydrogens is 316 g/mol. The van der Waals surface area contributed by atoms with E-state index in [0.717, 1.165) is 10.9 Å². The van der Waals surface area contributed by atoms with Gasteiger partial charge in [-0.25, -0.2) is 4.79 Å². The molecule has 0 saturated carbocycles. The molecule has 0 saturated heterocycles. The van der Waals surface area contributed by atoms with Crippen LogP contribution in [0.4, 0.5) is 4.79 Å².